The van der Waals surface area contributed by atoms with Gasteiger partial charge >= 0.3 is 10.2 Å². The Hall–Kier alpha value is -1.78. The van der Waals surface area contributed by atoms with E-state index in [-0.39, 0.29) is 6.61 Å². The normalized spacial score (nSPS) is 19.7. The number of hydrogen-bond acceptors (Lipinski definition) is 4. The SMILES string of the molecule is CC1CCCN(S(=O)(=O)Nc2ccccc2OCC#N)C1. The van der Waals surface area contributed by atoms with Crippen LogP contribution in [0.15, 0.2) is 24.3 Å². The molecule has 1 fully saturated rings. The summed E-state index contributed by atoms with van der Waals surface area (Å²) in [6.45, 7) is 2.97. The first-order valence-electron chi connectivity index (χ1n) is 6.89. The minimum absolute atomic E-state index is 0.126. The molecule has 0 saturated carbocycles. The molecule has 0 bridgehead atoms. The first-order valence-corrected chi connectivity index (χ1v) is 8.33. The zero-order valence-corrected chi connectivity index (χ0v) is 12.8. The molecule has 1 aromatic carbocycles. The molecule has 1 unspecified atom stereocenters. The lowest BCUT2D eigenvalue weighted by Crippen LogP contribution is -2.42. The van der Waals surface area contributed by atoms with Crippen molar-refractivity contribution in [1.82, 2.24) is 4.31 Å². The Labute approximate surface area is 125 Å². The lowest BCUT2D eigenvalue weighted by molar-refractivity contribution is 0.282. The zero-order chi connectivity index (χ0) is 15.3. The molecule has 7 heteroatoms. The average Bonchev–Trinajstić information content (AvgIpc) is 2.46. The van der Waals surface area contributed by atoms with Crippen molar-refractivity contribution in [2.45, 2.75) is 19.8 Å². The highest BCUT2D eigenvalue weighted by Gasteiger charge is 2.27. The van der Waals surface area contributed by atoms with Crippen LogP contribution >= 0.6 is 0 Å². The maximum Gasteiger partial charge on any atom is 0.301 e. The van der Waals surface area contributed by atoms with Gasteiger partial charge in [-0.15, -0.1) is 0 Å². The minimum atomic E-state index is -3.60. The van der Waals surface area contributed by atoms with Crippen LogP contribution in [0.1, 0.15) is 19.8 Å². The standard InChI is InChI=1S/C14H19N3O3S/c1-12-5-4-9-17(11-12)21(18,19)16-13-6-2-3-7-14(13)20-10-8-15/h2-3,6-7,12,16H,4-5,9-11H2,1H3. The maximum absolute atomic E-state index is 12.4. The number of ether oxygens (including phenoxy) is 1. The summed E-state index contributed by atoms with van der Waals surface area (Å²) in [7, 11) is -3.60. The summed E-state index contributed by atoms with van der Waals surface area (Å²) in [4.78, 5) is 0. The molecule has 6 nitrogen and oxygen atoms in total. The van der Waals surface area contributed by atoms with Crippen molar-refractivity contribution in [3.63, 3.8) is 0 Å². The van der Waals surface area contributed by atoms with Gasteiger partial charge in [-0.1, -0.05) is 19.1 Å². The summed E-state index contributed by atoms with van der Waals surface area (Å²) >= 11 is 0. The van der Waals surface area contributed by atoms with Crippen LogP contribution in [-0.2, 0) is 10.2 Å². The fourth-order valence-electron chi connectivity index (χ4n) is 2.35. The fraction of sp³-hybridized carbons (Fsp3) is 0.500. The molecule has 114 valence electrons. The molecule has 0 aliphatic carbocycles. The molecule has 2 rings (SSSR count). The summed E-state index contributed by atoms with van der Waals surface area (Å²) < 4.78 is 34.1. The Bertz CT molecular complexity index is 625. The molecule has 0 amide bonds. The Morgan fingerprint density at radius 3 is 2.95 bits per heavy atom. The van der Waals surface area contributed by atoms with Crippen LogP contribution in [0.25, 0.3) is 0 Å². The van der Waals surface area contributed by atoms with Gasteiger partial charge in [0.25, 0.3) is 0 Å². The summed E-state index contributed by atoms with van der Waals surface area (Å²) in [5, 5.41) is 8.56. The molecule has 1 N–H and O–H groups in total. The summed E-state index contributed by atoms with van der Waals surface area (Å²) in [5.41, 5.74) is 0.353. The van der Waals surface area contributed by atoms with Crippen LogP contribution in [0.3, 0.4) is 0 Å². The average molecular weight is 309 g/mol. The molecular formula is C14H19N3O3S. The predicted molar refractivity (Wildman–Crippen MR) is 80.1 cm³/mol. The van der Waals surface area contributed by atoms with Gasteiger partial charge in [0.15, 0.2) is 6.61 Å². The highest BCUT2D eigenvalue weighted by atomic mass is 32.2. The summed E-state index contributed by atoms with van der Waals surface area (Å²) in [6.07, 6.45) is 1.92. The molecule has 1 aromatic rings. The predicted octanol–water partition coefficient (Wildman–Crippen LogP) is 1.98. The molecule has 1 atom stereocenters. The van der Waals surface area contributed by atoms with Crippen LogP contribution < -0.4 is 9.46 Å². The van der Waals surface area contributed by atoms with E-state index in [9.17, 15) is 8.42 Å². The minimum Gasteiger partial charge on any atom is -0.477 e. The molecule has 0 radical (unpaired) electrons. The van der Waals surface area contributed by atoms with Crippen LogP contribution in [0.4, 0.5) is 5.69 Å². The van der Waals surface area contributed by atoms with Gasteiger partial charge < -0.3 is 4.74 Å². The van der Waals surface area contributed by atoms with Crippen LogP contribution in [0.2, 0.25) is 0 Å². The summed E-state index contributed by atoms with van der Waals surface area (Å²) in [6, 6.07) is 8.57. The van der Waals surface area contributed by atoms with E-state index < -0.39 is 10.2 Å². The van der Waals surface area contributed by atoms with E-state index >= 15 is 0 Å². The maximum atomic E-state index is 12.4. The van der Waals surface area contributed by atoms with Crippen LogP contribution in [-0.4, -0.2) is 32.4 Å². The Morgan fingerprint density at radius 2 is 2.24 bits per heavy atom. The molecule has 1 aliphatic heterocycles. The quantitative estimate of drug-likeness (QED) is 0.901. The largest absolute Gasteiger partial charge is 0.477 e. The van der Waals surface area contributed by atoms with E-state index in [4.69, 9.17) is 10.00 Å². The highest BCUT2D eigenvalue weighted by Crippen LogP contribution is 2.26. The monoisotopic (exact) mass is 309 g/mol. The van der Waals surface area contributed by atoms with E-state index in [0.29, 0.717) is 30.4 Å². The van der Waals surface area contributed by atoms with Crippen molar-refractivity contribution in [2.75, 3.05) is 24.4 Å². The van der Waals surface area contributed by atoms with Crippen molar-refractivity contribution in [1.29, 1.82) is 5.26 Å². The first-order chi connectivity index (χ1) is 10.0. The highest BCUT2D eigenvalue weighted by molar-refractivity contribution is 7.90. The van der Waals surface area contributed by atoms with Gasteiger partial charge in [-0.05, 0) is 30.9 Å². The number of para-hydroxylation sites is 2. The lowest BCUT2D eigenvalue weighted by atomic mass is 10.0. The first kappa shape index (κ1) is 15.6. The number of nitriles is 1. The Morgan fingerprint density at radius 1 is 1.48 bits per heavy atom. The third-order valence-corrected chi connectivity index (χ3v) is 4.87. The fourth-order valence-corrected chi connectivity index (χ4v) is 3.75. The van der Waals surface area contributed by atoms with Crippen molar-refractivity contribution < 1.29 is 13.2 Å². The van der Waals surface area contributed by atoms with E-state index in [1.54, 1.807) is 24.3 Å². The molecule has 0 aromatic heterocycles. The Kier molecular flexibility index (Phi) is 5.04. The molecule has 1 aliphatic rings. The number of benzene rings is 1. The van der Waals surface area contributed by atoms with Crippen molar-refractivity contribution in [3.05, 3.63) is 24.3 Å². The molecule has 1 saturated heterocycles. The van der Waals surface area contributed by atoms with Crippen molar-refractivity contribution >= 4 is 15.9 Å². The van der Waals surface area contributed by atoms with Gasteiger partial charge in [0.2, 0.25) is 0 Å². The van der Waals surface area contributed by atoms with E-state index in [1.165, 1.54) is 4.31 Å². The van der Waals surface area contributed by atoms with Gasteiger partial charge in [0, 0.05) is 13.1 Å². The number of nitrogens with zero attached hydrogens (tertiary/aromatic N) is 2. The molecule has 0 spiro atoms. The number of anilines is 1. The number of nitrogens with one attached hydrogen (secondary N) is 1. The van der Waals surface area contributed by atoms with Gasteiger partial charge in [0.05, 0.1) is 5.69 Å². The topological polar surface area (TPSA) is 82.4 Å². The Balaban J connectivity index is 2.15. The number of piperidine rings is 1. The number of rotatable bonds is 5. The molecular weight excluding hydrogens is 290 g/mol. The lowest BCUT2D eigenvalue weighted by Gasteiger charge is -2.30. The van der Waals surface area contributed by atoms with Crippen LogP contribution in [0, 0.1) is 17.2 Å². The van der Waals surface area contributed by atoms with Crippen LogP contribution in [0.5, 0.6) is 5.75 Å². The van der Waals surface area contributed by atoms with Gasteiger partial charge in [-0.3, -0.25) is 4.72 Å². The number of hydrogen-bond donors (Lipinski definition) is 1. The molecule has 21 heavy (non-hydrogen) atoms. The second-order valence-electron chi connectivity index (χ2n) is 5.16. The third kappa shape index (κ3) is 4.09. The van der Waals surface area contributed by atoms with Gasteiger partial charge in [-0.25, -0.2) is 0 Å². The van der Waals surface area contributed by atoms with E-state index in [0.717, 1.165) is 12.8 Å². The third-order valence-electron chi connectivity index (χ3n) is 3.38. The van der Waals surface area contributed by atoms with E-state index in [2.05, 4.69) is 4.72 Å². The van der Waals surface area contributed by atoms with E-state index in [1.807, 2.05) is 13.0 Å². The zero-order valence-electron chi connectivity index (χ0n) is 11.9. The van der Waals surface area contributed by atoms with Gasteiger partial charge in [0.1, 0.15) is 11.8 Å². The molecule has 1 heterocycles. The second kappa shape index (κ2) is 6.78. The van der Waals surface area contributed by atoms with Crippen molar-refractivity contribution in [2.24, 2.45) is 5.92 Å². The summed E-state index contributed by atoms with van der Waals surface area (Å²) in [5.74, 6) is 0.716. The van der Waals surface area contributed by atoms with Gasteiger partial charge in [-0.2, -0.15) is 18.0 Å². The smallest absolute Gasteiger partial charge is 0.301 e. The second-order valence-corrected chi connectivity index (χ2v) is 6.83. The van der Waals surface area contributed by atoms with Crippen molar-refractivity contribution in [3.8, 4) is 11.8 Å².